The Hall–Kier alpha value is -3.45. The molecule has 7 heteroatoms. The molecule has 0 radical (unpaired) electrons. The normalized spacial score (nSPS) is 12.8. The highest BCUT2D eigenvalue weighted by Crippen LogP contribution is 2.30. The van der Waals surface area contributed by atoms with E-state index in [2.05, 4.69) is 39.6 Å². The van der Waals surface area contributed by atoms with Crippen LogP contribution in [-0.4, -0.2) is 37.5 Å². The maximum absolute atomic E-state index is 12.8. The van der Waals surface area contributed by atoms with Crippen molar-refractivity contribution in [2.75, 3.05) is 6.54 Å². The van der Waals surface area contributed by atoms with Crippen molar-refractivity contribution < 1.29 is 4.79 Å². The molecule has 1 amide bonds. The number of hydrogen-bond acceptors (Lipinski definition) is 5. The first kappa shape index (κ1) is 21.8. The van der Waals surface area contributed by atoms with E-state index in [4.69, 9.17) is 0 Å². The molecule has 0 aliphatic heterocycles. The van der Waals surface area contributed by atoms with E-state index in [1.165, 1.54) is 17.3 Å². The second-order valence-electron chi connectivity index (χ2n) is 7.53. The SMILES string of the molecule is CC(Sc1nnc(-c2ccncc2)n1-c1ccccc1)C(=O)NCC(C)c1ccccc1. The molecule has 0 bridgehead atoms. The van der Waals surface area contributed by atoms with Crippen molar-refractivity contribution in [3.8, 4) is 17.1 Å². The Morgan fingerprint density at radius 3 is 2.28 bits per heavy atom. The molecule has 4 aromatic rings. The lowest BCUT2D eigenvalue weighted by Crippen LogP contribution is -2.33. The topological polar surface area (TPSA) is 72.7 Å². The van der Waals surface area contributed by atoms with Crippen LogP contribution in [-0.2, 0) is 4.79 Å². The summed E-state index contributed by atoms with van der Waals surface area (Å²) in [6.45, 7) is 4.59. The predicted octanol–water partition coefficient (Wildman–Crippen LogP) is 4.73. The van der Waals surface area contributed by atoms with Crippen molar-refractivity contribution in [3.05, 3.63) is 90.8 Å². The van der Waals surface area contributed by atoms with Crippen molar-refractivity contribution in [1.82, 2.24) is 25.1 Å². The fourth-order valence-corrected chi connectivity index (χ4v) is 4.24. The summed E-state index contributed by atoms with van der Waals surface area (Å²) in [5, 5.41) is 12.2. The van der Waals surface area contributed by atoms with E-state index in [9.17, 15) is 4.79 Å². The maximum atomic E-state index is 12.8. The first-order valence-corrected chi connectivity index (χ1v) is 11.4. The standard InChI is InChI=1S/C25H25N5OS/c1-18(20-9-5-3-6-10-20)17-27-24(31)19(2)32-25-29-28-23(21-13-15-26-16-14-21)30(25)22-11-7-4-8-12-22/h3-16,18-19H,17H2,1-2H3,(H,27,31). The number of benzene rings is 2. The summed E-state index contributed by atoms with van der Waals surface area (Å²) in [6.07, 6.45) is 3.46. The molecule has 0 spiro atoms. The van der Waals surface area contributed by atoms with Gasteiger partial charge in [-0.1, -0.05) is 67.2 Å². The number of carbonyl (C=O) groups excluding carboxylic acids is 1. The number of para-hydroxylation sites is 1. The van der Waals surface area contributed by atoms with Crippen LogP contribution in [0.4, 0.5) is 0 Å². The molecule has 2 aromatic heterocycles. The lowest BCUT2D eigenvalue weighted by molar-refractivity contribution is -0.120. The lowest BCUT2D eigenvalue weighted by Gasteiger charge is -2.16. The highest BCUT2D eigenvalue weighted by atomic mass is 32.2. The molecule has 1 N–H and O–H groups in total. The van der Waals surface area contributed by atoms with Crippen LogP contribution in [0.2, 0.25) is 0 Å². The van der Waals surface area contributed by atoms with E-state index in [1.807, 2.05) is 72.2 Å². The monoisotopic (exact) mass is 443 g/mol. The molecule has 4 rings (SSSR count). The third-order valence-electron chi connectivity index (χ3n) is 5.19. The predicted molar refractivity (Wildman–Crippen MR) is 128 cm³/mol. The van der Waals surface area contributed by atoms with Crippen molar-refractivity contribution >= 4 is 17.7 Å². The average molecular weight is 444 g/mol. The third-order valence-corrected chi connectivity index (χ3v) is 6.23. The minimum atomic E-state index is -0.324. The molecule has 2 aromatic carbocycles. The smallest absolute Gasteiger partial charge is 0.233 e. The van der Waals surface area contributed by atoms with Gasteiger partial charge >= 0.3 is 0 Å². The number of nitrogens with one attached hydrogen (secondary N) is 1. The van der Waals surface area contributed by atoms with Crippen molar-refractivity contribution in [2.45, 2.75) is 30.2 Å². The Bertz CT molecular complexity index is 1150. The van der Waals surface area contributed by atoms with Gasteiger partial charge in [-0.3, -0.25) is 14.3 Å². The van der Waals surface area contributed by atoms with Gasteiger partial charge in [-0.05, 0) is 42.7 Å². The number of thioether (sulfide) groups is 1. The van der Waals surface area contributed by atoms with Gasteiger partial charge < -0.3 is 5.32 Å². The lowest BCUT2D eigenvalue weighted by atomic mass is 10.0. The maximum Gasteiger partial charge on any atom is 0.233 e. The van der Waals surface area contributed by atoms with Gasteiger partial charge in [0, 0.05) is 30.2 Å². The summed E-state index contributed by atoms with van der Waals surface area (Å²) in [5.41, 5.74) is 3.06. The molecule has 2 atom stereocenters. The van der Waals surface area contributed by atoms with E-state index < -0.39 is 0 Å². The Morgan fingerprint density at radius 2 is 1.59 bits per heavy atom. The van der Waals surface area contributed by atoms with Crippen LogP contribution in [0.1, 0.15) is 25.3 Å². The zero-order valence-electron chi connectivity index (χ0n) is 18.1. The molecule has 0 fully saturated rings. The van der Waals surface area contributed by atoms with Crippen LogP contribution >= 0.6 is 11.8 Å². The number of nitrogens with zero attached hydrogens (tertiary/aromatic N) is 4. The van der Waals surface area contributed by atoms with Crippen LogP contribution in [0.3, 0.4) is 0 Å². The number of hydrogen-bond donors (Lipinski definition) is 1. The minimum absolute atomic E-state index is 0.0224. The highest BCUT2D eigenvalue weighted by Gasteiger charge is 2.22. The molecule has 32 heavy (non-hydrogen) atoms. The number of aromatic nitrogens is 4. The molecule has 0 aliphatic carbocycles. The Morgan fingerprint density at radius 1 is 0.938 bits per heavy atom. The molecular formula is C25H25N5OS. The van der Waals surface area contributed by atoms with Crippen molar-refractivity contribution in [2.24, 2.45) is 0 Å². The summed E-state index contributed by atoms with van der Waals surface area (Å²) in [6, 6.07) is 23.9. The fraction of sp³-hybridized carbons (Fsp3) is 0.200. The van der Waals surface area contributed by atoms with E-state index in [1.54, 1.807) is 12.4 Å². The van der Waals surface area contributed by atoms with Gasteiger partial charge in [0.1, 0.15) is 0 Å². The quantitative estimate of drug-likeness (QED) is 0.399. The van der Waals surface area contributed by atoms with Crippen molar-refractivity contribution in [3.63, 3.8) is 0 Å². The summed E-state index contributed by atoms with van der Waals surface area (Å²) in [4.78, 5) is 16.9. The van der Waals surface area contributed by atoms with Crippen molar-refractivity contribution in [1.29, 1.82) is 0 Å². The summed E-state index contributed by atoms with van der Waals surface area (Å²) in [7, 11) is 0. The van der Waals surface area contributed by atoms with E-state index in [0.717, 1.165) is 11.3 Å². The van der Waals surface area contributed by atoms with Gasteiger partial charge in [0.2, 0.25) is 5.91 Å². The van der Waals surface area contributed by atoms with Crippen LogP contribution in [0, 0.1) is 0 Å². The number of rotatable bonds is 8. The zero-order chi connectivity index (χ0) is 22.3. The zero-order valence-corrected chi connectivity index (χ0v) is 18.9. The molecule has 2 heterocycles. The molecular weight excluding hydrogens is 418 g/mol. The fourth-order valence-electron chi connectivity index (χ4n) is 3.35. The van der Waals surface area contributed by atoms with Gasteiger partial charge in [0.15, 0.2) is 11.0 Å². The van der Waals surface area contributed by atoms with E-state index >= 15 is 0 Å². The number of pyridine rings is 1. The summed E-state index contributed by atoms with van der Waals surface area (Å²) < 4.78 is 1.98. The van der Waals surface area contributed by atoms with E-state index in [0.29, 0.717) is 17.5 Å². The van der Waals surface area contributed by atoms with Gasteiger partial charge in [-0.25, -0.2) is 0 Å². The molecule has 162 valence electrons. The largest absolute Gasteiger partial charge is 0.355 e. The number of carbonyl (C=O) groups is 1. The van der Waals surface area contributed by atoms with Crippen LogP contribution < -0.4 is 5.32 Å². The summed E-state index contributed by atoms with van der Waals surface area (Å²) >= 11 is 1.40. The van der Waals surface area contributed by atoms with Gasteiger partial charge in [0.25, 0.3) is 0 Å². The van der Waals surface area contributed by atoms with Gasteiger partial charge in [-0.2, -0.15) is 0 Å². The minimum Gasteiger partial charge on any atom is -0.355 e. The molecule has 0 saturated carbocycles. The third kappa shape index (κ3) is 5.06. The Balaban J connectivity index is 1.51. The van der Waals surface area contributed by atoms with Crippen LogP contribution in [0.25, 0.3) is 17.1 Å². The molecule has 0 aliphatic rings. The van der Waals surface area contributed by atoms with Gasteiger partial charge in [0.05, 0.1) is 5.25 Å². The Kier molecular flexibility index (Phi) is 6.97. The molecule has 6 nitrogen and oxygen atoms in total. The summed E-state index contributed by atoms with van der Waals surface area (Å²) in [5.74, 6) is 0.931. The number of amides is 1. The second-order valence-corrected chi connectivity index (χ2v) is 8.84. The van der Waals surface area contributed by atoms with Crippen LogP contribution in [0.5, 0.6) is 0 Å². The first-order valence-electron chi connectivity index (χ1n) is 10.5. The first-order chi connectivity index (χ1) is 15.6. The Labute approximate surface area is 192 Å². The van der Waals surface area contributed by atoms with E-state index in [-0.39, 0.29) is 17.1 Å². The van der Waals surface area contributed by atoms with Gasteiger partial charge in [-0.15, -0.1) is 10.2 Å². The molecule has 0 saturated heterocycles. The van der Waals surface area contributed by atoms with Crippen LogP contribution in [0.15, 0.2) is 90.3 Å². The second kappa shape index (κ2) is 10.2. The average Bonchev–Trinajstić information content (AvgIpc) is 3.27. The molecule has 2 unspecified atom stereocenters. The highest BCUT2D eigenvalue weighted by molar-refractivity contribution is 8.00.